The molecule has 1 amide bonds. The van der Waals surface area contributed by atoms with Gasteiger partial charge in [-0.3, -0.25) is 9.59 Å². The second-order valence-electron chi connectivity index (χ2n) is 7.68. The van der Waals surface area contributed by atoms with Crippen molar-refractivity contribution in [2.24, 2.45) is 0 Å². The number of nitrogens with one attached hydrogen (secondary N) is 1. The molecule has 0 saturated heterocycles. The van der Waals surface area contributed by atoms with Gasteiger partial charge in [0.05, 0.1) is 10.3 Å². The van der Waals surface area contributed by atoms with Crippen LogP contribution < -0.4 is 10.7 Å². The van der Waals surface area contributed by atoms with E-state index in [1.54, 1.807) is 37.3 Å². The first-order chi connectivity index (χ1) is 15.9. The van der Waals surface area contributed by atoms with Gasteiger partial charge in [-0.1, -0.05) is 48.5 Å². The molecule has 0 saturated carbocycles. The van der Waals surface area contributed by atoms with E-state index in [9.17, 15) is 18.0 Å². The van der Waals surface area contributed by atoms with Gasteiger partial charge in [0.15, 0.2) is 0 Å². The molecule has 2 heterocycles. The van der Waals surface area contributed by atoms with Crippen LogP contribution in [0.25, 0.3) is 11.0 Å². The van der Waals surface area contributed by atoms with Gasteiger partial charge in [-0.15, -0.1) is 0 Å². The number of amides is 1. The third-order valence-electron chi connectivity index (χ3n) is 5.26. The molecule has 0 aliphatic heterocycles. The van der Waals surface area contributed by atoms with Gasteiger partial charge in [0, 0.05) is 18.4 Å². The first-order valence-electron chi connectivity index (χ1n) is 10.5. The number of pyridine rings is 2. The molecular weight excluding hydrogens is 438 g/mol. The molecule has 2 aromatic heterocycles. The fourth-order valence-corrected chi connectivity index (χ4v) is 4.96. The van der Waals surface area contributed by atoms with E-state index in [4.69, 9.17) is 0 Å². The highest BCUT2D eigenvalue weighted by atomic mass is 32.2. The third kappa shape index (κ3) is 4.85. The van der Waals surface area contributed by atoms with E-state index in [2.05, 4.69) is 10.3 Å². The highest BCUT2D eigenvalue weighted by Gasteiger charge is 2.24. The molecular formula is C25H23N3O4S. The molecule has 0 atom stereocenters. The van der Waals surface area contributed by atoms with Crippen molar-refractivity contribution in [3.8, 4) is 0 Å². The zero-order valence-electron chi connectivity index (χ0n) is 18.1. The number of rotatable bonds is 7. The molecule has 0 aliphatic carbocycles. The Kier molecular flexibility index (Phi) is 6.37. The Bertz CT molecular complexity index is 1460. The molecule has 4 rings (SSSR count). The Morgan fingerprint density at radius 3 is 2.33 bits per heavy atom. The Balaban J connectivity index is 1.68. The summed E-state index contributed by atoms with van der Waals surface area (Å²) in [6.07, 6.45) is 1.89. The number of hydrogen-bond acceptors (Lipinski definition) is 5. The fourth-order valence-electron chi connectivity index (χ4n) is 3.57. The Labute approximate surface area is 191 Å². The minimum atomic E-state index is -4.08. The number of carbonyl (C=O) groups excluding carboxylic acids is 1. The number of fused-ring (bicyclic) bond motifs is 1. The lowest BCUT2D eigenvalue weighted by atomic mass is 10.1. The number of hydrogen-bond donors (Lipinski definition) is 1. The van der Waals surface area contributed by atoms with E-state index >= 15 is 0 Å². The Hall–Kier alpha value is -3.78. The molecule has 0 spiro atoms. The maximum absolute atomic E-state index is 13.2. The lowest BCUT2D eigenvalue weighted by Crippen LogP contribution is -2.30. The summed E-state index contributed by atoms with van der Waals surface area (Å²) in [7, 11) is -4.08. The van der Waals surface area contributed by atoms with Crippen molar-refractivity contribution >= 4 is 26.8 Å². The van der Waals surface area contributed by atoms with Crippen molar-refractivity contribution in [1.82, 2.24) is 14.9 Å². The predicted molar refractivity (Wildman–Crippen MR) is 126 cm³/mol. The molecule has 0 unspecified atom stereocenters. The number of sulfone groups is 1. The molecule has 0 radical (unpaired) electrons. The van der Waals surface area contributed by atoms with E-state index in [0.29, 0.717) is 18.7 Å². The monoisotopic (exact) mass is 461 g/mol. The van der Waals surface area contributed by atoms with Crippen LogP contribution in [0.15, 0.2) is 93.6 Å². The molecule has 33 heavy (non-hydrogen) atoms. The molecule has 4 aromatic rings. The standard InChI is InChI=1S/C25H23N3O4S/c1-18-12-13-21-24(30)22(33(31,32)20-10-6-3-7-11-20)16-28(25(21)27-18)17-23(29)26-15-14-19-8-4-2-5-9-19/h2-13,16H,14-15,17H2,1H3,(H,26,29). The van der Waals surface area contributed by atoms with Crippen molar-refractivity contribution in [3.05, 3.63) is 100 Å². The Morgan fingerprint density at radius 2 is 1.64 bits per heavy atom. The van der Waals surface area contributed by atoms with Gasteiger partial charge in [-0.2, -0.15) is 0 Å². The summed E-state index contributed by atoms with van der Waals surface area (Å²) in [6, 6.07) is 20.7. The second kappa shape index (κ2) is 9.38. The number of aryl methyl sites for hydroxylation is 1. The predicted octanol–water partition coefficient (Wildman–Crippen LogP) is 2.90. The van der Waals surface area contributed by atoms with Gasteiger partial charge >= 0.3 is 0 Å². The minimum absolute atomic E-state index is 0.0142. The number of carbonyl (C=O) groups is 1. The minimum Gasteiger partial charge on any atom is -0.354 e. The summed E-state index contributed by atoms with van der Waals surface area (Å²) < 4.78 is 27.8. The summed E-state index contributed by atoms with van der Waals surface area (Å²) in [5, 5.41) is 3.00. The molecule has 0 fully saturated rings. The zero-order valence-corrected chi connectivity index (χ0v) is 18.9. The third-order valence-corrected chi connectivity index (χ3v) is 7.03. The van der Waals surface area contributed by atoms with Crippen molar-refractivity contribution in [2.45, 2.75) is 29.7 Å². The van der Waals surface area contributed by atoms with Crippen molar-refractivity contribution in [1.29, 1.82) is 0 Å². The number of benzene rings is 2. The van der Waals surface area contributed by atoms with Crippen LogP contribution in [0.3, 0.4) is 0 Å². The second-order valence-corrected chi connectivity index (χ2v) is 9.59. The number of aromatic nitrogens is 2. The van der Waals surface area contributed by atoms with Gasteiger partial charge < -0.3 is 9.88 Å². The van der Waals surface area contributed by atoms with Crippen LogP contribution in [0.5, 0.6) is 0 Å². The van der Waals surface area contributed by atoms with Gasteiger partial charge in [0.1, 0.15) is 17.1 Å². The molecule has 0 aliphatic rings. The first kappa shape index (κ1) is 22.4. The van der Waals surface area contributed by atoms with Crippen molar-refractivity contribution in [2.75, 3.05) is 6.54 Å². The van der Waals surface area contributed by atoms with Crippen LogP contribution in [-0.2, 0) is 27.6 Å². The van der Waals surface area contributed by atoms with Crippen LogP contribution >= 0.6 is 0 Å². The topological polar surface area (TPSA) is 98.1 Å². The van der Waals surface area contributed by atoms with Crippen LogP contribution in [0, 0.1) is 6.92 Å². The van der Waals surface area contributed by atoms with E-state index in [0.717, 1.165) is 5.56 Å². The van der Waals surface area contributed by atoms with Crippen LogP contribution in [0.2, 0.25) is 0 Å². The molecule has 0 bridgehead atoms. The van der Waals surface area contributed by atoms with E-state index in [1.165, 1.54) is 22.9 Å². The maximum Gasteiger partial charge on any atom is 0.240 e. The highest BCUT2D eigenvalue weighted by molar-refractivity contribution is 7.91. The normalized spacial score (nSPS) is 11.4. The SMILES string of the molecule is Cc1ccc2c(=O)c(S(=O)(=O)c3ccccc3)cn(CC(=O)NCCc3ccccc3)c2n1. The van der Waals surface area contributed by atoms with E-state index in [1.807, 2.05) is 30.3 Å². The molecule has 7 nitrogen and oxygen atoms in total. The van der Waals surface area contributed by atoms with Crippen molar-refractivity contribution < 1.29 is 13.2 Å². The fraction of sp³-hybridized carbons (Fsp3) is 0.160. The largest absolute Gasteiger partial charge is 0.354 e. The number of nitrogens with zero attached hydrogens (tertiary/aromatic N) is 2. The summed E-state index contributed by atoms with van der Waals surface area (Å²) in [5.41, 5.74) is 1.38. The summed E-state index contributed by atoms with van der Waals surface area (Å²) in [5.74, 6) is -0.303. The lowest BCUT2D eigenvalue weighted by Gasteiger charge is -2.14. The average molecular weight is 462 g/mol. The van der Waals surface area contributed by atoms with Gasteiger partial charge in [0.2, 0.25) is 21.2 Å². The van der Waals surface area contributed by atoms with Crippen LogP contribution in [0.4, 0.5) is 0 Å². The van der Waals surface area contributed by atoms with Crippen LogP contribution in [-0.4, -0.2) is 30.4 Å². The lowest BCUT2D eigenvalue weighted by molar-refractivity contribution is -0.121. The Morgan fingerprint density at radius 1 is 0.970 bits per heavy atom. The van der Waals surface area contributed by atoms with Crippen LogP contribution in [0.1, 0.15) is 11.3 Å². The molecule has 2 aromatic carbocycles. The highest BCUT2D eigenvalue weighted by Crippen LogP contribution is 2.20. The van der Waals surface area contributed by atoms with Gasteiger partial charge in [0.25, 0.3) is 0 Å². The zero-order chi connectivity index (χ0) is 23.4. The summed E-state index contributed by atoms with van der Waals surface area (Å²) in [6.45, 7) is 2.03. The smallest absolute Gasteiger partial charge is 0.240 e. The van der Waals surface area contributed by atoms with Gasteiger partial charge in [-0.05, 0) is 43.2 Å². The van der Waals surface area contributed by atoms with Gasteiger partial charge in [-0.25, -0.2) is 13.4 Å². The maximum atomic E-state index is 13.2. The summed E-state index contributed by atoms with van der Waals surface area (Å²) in [4.78, 5) is 29.8. The quantitative estimate of drug-likeness (QED) is 0.456. The molecule has 168 valence electrons. The first-order valence-corrected chi connectivity index (χ1v) is 12.0. The molecule has 1 N–H and O–H groups in total. The molecule has 8 heteroatoms. The van der Waals surface area contributed by atoms with Crippen molar-refractivity contribution in [3.63, 3.8) is 0 Å². The van der Waals surface area contributed by atoms with E-state index in [-0.39, 0.29) is 33.3 Å². The summed E-state index contributed by atoms with van der Waals surface area (Å²) >= 11 is 0. The van der Waals surface area contributed by atoms with E-state index < -0.39 is 15.3 Å². The average Bonchev–Trinajstić information content (AvgIpc) is 2.82.